The van der Waals surface area contributed by atoms with E-state index in [4.69, 9.17) is 10.8 Å². The molecule has 0 radical (unpaired) electrons. The molecule has 0 unspecified atom stereocenters. The molecule has 1 fully saturated rings. The molecule has 1 aromatic heterocycles. The molecule has 5 heteroatoms. The summed E-state index contributed by atoms with van der Waals surface area (Å²) >= 11 is 2.02. The number of anilines is 1. The van der Waals surface area contributed by atoms with Crippen molar-refractivity contribution in [3.8, 4) is 5.69 Å². The number of benzene rings is 1. The third-order valence-electron chi connectivity index (χ3n) is 3.86. The summed E-state index contributed by atoms with van der Waals surface area (Å²) in [5.41, 5.74) is 9.33. The van der Waals surface area contributed by atoms with Crippen LogP contribution < -0.4 is 10.6 Å². The second kappa shape index (κ2) is 6.54. The fraction of sp³-hybridized carbons (Fsp3) is 0.438. The summed E-state index contributed by atoms with van der Waals surface area (Å²) in [4.78, 5) is 2.47. The van der Waals surface area contributed by atoms with Crippen LogP contribution in [0.2, 0.25) is 0 Å². The highest BCUT2D eigenvalue weighted by molar-refractivity contribution is 7.99. The molecular formula is C16H22N4S. The highest BCUT2D eigenvalue weighted by Crippen LogP contribution is 2.29. The maximum atomic E-state index is 5.82. The van der Waals surface area contributed by atoms with Gasteiger partial charge in [0.25, 0.3) is 0 Å². The van der Waals surface area contributed by atoms with E-state index < -0.39 is 0 Å². The molecule has 0 saturated carbocycles. The number of thioether (sulfide) groups is 1. The van der Waals surface area contributed by atoms with Crippen molar-refractivity contribution in [1.29, 1.82) is 0 Å². The largest absolute Gasteiger partial charge is 0.355 e. The zero-order valence-electron chi connectivity index (χ0n) is 12.5. The zero-order chi connectivity index (χ0) is 14.7. The molecule has 0 bridgehead atoms. The summed E-state index contributed by atoms with van der Waals surface area (Å²) in [7, 11) is 0. The van der Waals surface area contributed by atoms with Gasteiger partial charge < -0.3 is 10.6 Å². The lowest BCUT2D eigenvalue weighted by molar-refractivity contribution is 0.773. The van der Waals surface area contributed by atoms with Gasteiger partial charge in [-0.15, -0.1) is 0 Å². The molecule has 1 aliphatic rings. The lowest BCUT2D eigenvalue weighted by Crippen LogP contribution is -2.34. The van der Waals surface area contributed by atoms with Crippen molar-refractivity contribution in [3.63, 3.8) is 0 Å². The van der Waals surface area contributed by atoms with Crippen LogP contribution in [0.3, 0.4) is 0 Å². The van der Waals surface area contributed by atoms with Gasteiger partial charge in [0, 0.05) is 30.2 Å². The van der Waals surface area contributed by atoms with Crippen molar-refractivity contribution in [2.75, 3.05) is 36.0 Å². The smallest absolute Gasteiger partial charge is 0.135 e. The number of hydrogen-bond acceptors (Lipinski definition) is 4. The minimum Gasteiger partial charge on any atom is -0.355 e. The molecule has 21 heavy (non-hydrogen) atoms. The third kappa shape index (κ3) is 2.94. The Balaban J connectivity index is 2.08. The molecular weight excluding hydrogens is 280 g/mol. The van der Waals surface area contributed by atoms with Gasteiger partial charge in [-0.25, -0.2) is 4.68 Å². The van der Waals surface area contributed by atoms with Gasteiger partial charge in [-0.2, -0.15) is 16.9 Å². The summed E-state index contributed by atoms with van der Waals surface area (Å²) < 4.78 is 2.09. The van der Waals surface area contributed by atoms with Gasteiger partial charge in [-0.1, -0.05) is 18.2 Å². The van der Waals surface area contributed by atoms with Crippen LogP contribution in [0.4, 0.5) is 5.82 Å². The molecule has 0 aliphatic carbocycles. The van der Waals surface area contributed by atoms with Gasteiger partial charge in [0.1, 0.15) is 5.82 Å². The van der Waals surface area contributed by atoms with Crippen LogP contribution in [0, 0.1) is 6.92 Å². The molecule has 1 saturated heterocycles. The molecule has 1 aromatic carbocycles. The van der Waals surface area contributed by atoms with Crippen LogP contribution in [0.5, 0.6) is 0 Å². The summed E-state index contributed by atoms with van der Waals surface area (Å²) in [6, 6.07) is 10.4. The number of nitrogens with two attached hydrogens (primary N) is 1. The topological polar surface area (TPSA) is 47.1 Å². The number of aryl methyl sites for hydroxylation is 1. The molecule has 2 aromatic rings. The first-order valence-electron chi connectivity index (χ1n) is 7.48. The van der Waals surface area contributed by atoms with Gasteiger partial charge in [0.05, 0.1) is 11.4 Å². The molecule has 3 rings (SSSR count). The van der Waals surface area contributed by atoms with Gasteiger partial charge in [0.15, 0.2) is 0 Å². The van der Waals surface area contributed by atoms with Crippen molar-refractivity contribution < 1.29 is 0 Å². The number of nitrogens with zero attached hydrogens (tertiary/aromatic N) is 3. The second-order valence-corrected chi connectivity index (χ2v) is 6.50. The Labute approximate surface area is 130 Å². The molecule has 1 aliphatic heterocycles. The summed E-state index contributed by atoms with van der Waals surface area (Å²) in [6.45, 7) is 4.92. The minimum absolute atomic E-state index is 0.664. The quantitative estimate of drug-likeness (QED) is 0.941. The van der Waals surface area contributed by atoms with Gasteiger partial charge >= 0.3 is 0 Å². The standard InChI is InChI=1S/C16H22N4S/c1-13-15(7-8-17)16(19-9-11-21-12-10-19)20(18-13)14-5-3-2-4-6-14/h2-6H,7-12,17H2,1H3. The maximum absolute atomic E-state index is 5.82. The Morgan fingerprint density at radius 2 is 1.90 bits per heavy atom. The Kier molecular flexibility index (Phi) is 4.51. The fourth-order valence-corrected chi connectivity index (χ4v) is 3.74. The van der Waals surface area contributed by atoms with Crippen LogP contribution in [-0.4, -0.2) is 40.9 Å². The van der Waals surface area contributed by atoms with Crippen LogP contribution >= 0.6 is 11.8 Å². The van der Waals surface area contributed by atoms with Crippen LogP contribution in [0.15, 0.2) is 30.3 Å². The minimum atomic E-state index is 0.664. The van der Waals surface area contributed by atoms with Gasteiger partial charge in [-0.3, -0.25) is 0 Å². The van der Waals surface area contributed by atoms with E-state index in [0.717, 1.165) is 30.9 Å². The molecule has 4 nitrogen and oxygen atoms in total. The van der Waals surface area contributed by atoms with Crippen molar-refractivity contribution in [2.45, 2.75) is 13.3 Å². The predicted molar refractivity (Wildman–Crippen MR) is 90.6 cm³/mol. The van der Waals surface area contributed by atoms with Crippen LogP contribution in [0.25, 0.3) is 5.69 Å². The predicted octanol–water partition coefficient (Wildman–Crippen LogP) is 2.24. The SMILES string of the molecule is Cc1nn(-c2ccccc2)c(N2CCSCC2)c1CCN. The monoisotopic (exact) mass is 302 g/mol. The molecule has 112 valence electrons. The van der Waals surface area contributed by atoms with Crippen molar-refractivity contribution in [3.05, 3.63) is 41.6 Å². The highest BCUT2D eigenvalue weighted by atomic mass is 32.2. The van der Waals surface area contributed by atoms with E-state index in [1.165, 1.54) is 22.9 Å². The van der Waals surface area contributed by atoms with E-state index in [0.29, 0.717) is 6.54 Å². The molecule has 0 amide bonds. The lowest BCUT2D eigenvalue weighted by Gasteiger charge is -2.30. The maximum Gasteiger partial charge on any atom is 0.135 e. The Morgan fingerprint density at radius 3 is 2.57 bits per heavy atom. The van der Waals surface area contributed by atoms with Crippen molar-refractivity contribution in [2.24, 2.45) is 5.73 Å². The number of aromatic nitrogens is 2. The Morgan fingerprint density at radius 1 is 1.19 bits per heavy atom. The number of rotatable bonds is 4. The fourth-order valence-electron chi connectivity index (χ4n) is 2.83. The van der Waals surface area contributed by atoms with E-state index in [1.807, 2.05) is 17.8 Å². The third-order valence-corrected chi connectivity index (χ3v) is 4.81. The summed E-state index contributed by atoms with van der Waals surface area (Å²) in [6.07, 6.45) is 0.887. The van der Waals surface area contributed by atoms with E-state index in [2.05, 4.69) is 40.8 Å². The molecule has 2 heterocycles. The van der Waals surface area contributed by atoms with Gasteiger partial charge in [0.2, 0.25) is 0 Å². The first-order valence-corrected chi connectivity index (χ1v) is 8.63. The lowest BCUT2D eigenvalue weighted by atomic mass is 10.1. The zero-order valence-corrected chi connectivity index (χ0v) is 13.3. The highest BCUT2D eigenvalue weighted by Gasteiger charge is 2.22. The molecule has 0 spiro atoms. The van der Waals surface area contributed by atoms with E-state index in [1.54, 1.807) is 0 Å². The van der Waals surface area contributed by atoms with Gasteiger partial charge in [-0.05, 0) is 32.0 Å². The average Bonchev–Trinajstić information content (AvgIpc) is 2.86. The summed E-state index contributed by atoms with van der Waals surface area (Å²) in [5.74, 6) is 3.60. The van der Waals surface area contributed by atoms with Crippen molar-refractivity contribution in [1.82, 2.24) is 9.78 Å². The van der Waals surface area contributed by atoms with Crippen LogP contribution in [0.1, 0.15) is 11.3 Å². The first kappa shape index (κ1) is 14.5. The van der Waals surface area contributed by atoms with E-state index in [9.17, 15) is 0 Å². The Bertz CT molecular complexity index is 588. The first-order chi connectivity index (χ1) is 10.3. The van der Waals surface area contributed by atoms with E-state index >= 15 is 0 Å². The Hall–Kier alpha value is -1.46. The second-order valence-electron chi connectivity index (χ2n) is 5.27. The molecule has 2 N–H and O–H groups in total. The molecule has 0 atom stereocenters. The van der Waals surface area contributed by atoms with E-state index in [-0.39, 0.29) is 0 Å². The number of para-hydroxylation sites is 1. The summed E-state index contributed by atoms with van der Waals surface area (Å²) in [5, 5.41) is 4.79. The van der Waals surface area contributed by atoms with Crippen LogP contribution in [-0.2, 0) is 6.42 Å². The average molecular weight is 302 g/mol. The number of hydrogen-bond donors (Lipinski definition) is 1. The van der Waals surface area contributed by atoms with Crippen molar-refractivity contribution >= 4 is 17.6 Å². The normalized spacial score (nSPS) is 15.4.